The first-order valence-corrected chi connectivity index (χ1v) is 12.1. The predicted molar refractivity (Wildman–Crippen MR) is 116 cm³/mol. The molecule has 2 aliphatic heterocycles. The van der Waals surface area contributed by atoms with Gasteiger partial charge in [-0.05, 0) is 24.6 Å². The highest BCUT2D eigenvalue weighted by Crippen LogP contribution is 2.25. The number of carbonyl (C=O) groups excluding carboxylic acids is 2. The molecule has 2 fully saturated rings. The lowest BCUT2D eigenvalue weighted by atomic mass is 10.2. The van der Waals surface area contributed by atoms with Crippen molar-refractivity contribution in [3.8, 4) is 0 Å². The molecule has 0 aliphatic carbocycles. The van der Waals surface area contributed by atoms with Gasteiger partial charge in [0, 0.05) is 37.2 Å². The maximum atomic E-state index is 12.9. The molecule has 12 heteroatoms. The van der Waals surface area contributed by atoms with Crippen LogP contribution in [-0.4, -0.2) is 69.0 Å². The molecule has 0 bridgehead atoms. The van der Waals surface area contributed by atoms with Crippen LogP contribution in [0, 0.1) is 6.92 Å². The molecule has 1 aromatic carbocycles. The molecule has 3 heterocycles. The normalized spacial score (nSPS) is 17.6. The number of nitrogens with one attached hydrogen (secondary N) is 2. The van der Waals surface area contributed by atoms with Gasteiger partial charge in [-0.1, -0.05) is 6.07 Å². The van der Waals surface area contributed by atoms with E-state index in [2.05, 4.69) is 15.6 Å². The molecule has 0 radical (unpaired) electrons. The zero-order chi connectivity index (χ0) is 22.0. The van der Waals surface area contributed by atoms with Gasteiger partial charge in [-0.15, -0.1) is 11.3 Å². The number of hydrogen-bond donors (Lipinski definition) is 2. The van der Waals surface area contributed by atoms with E-state index in [0.29, 0.717) is 55.9 Å². The monoisotopic (exact) mass is 465 g/mol. The first-order chi connectivity index (χ1) is 14.8. The molecule has 2 saturated heterocycles. The van der Waals surface area contributed by atoms with Crippen LogP contribution in [0.3, 0.4) is 0 Å². The van der Waals surface area contributed by atoms with Gasteiger partial charge in [-0.2, -0.15) is 4.31 Å². The third-order valence-electron chi connectivity index (χ3n) is 5.06. The van der Waals surface area contributed by atoms with Gasteiger partial charge in [0.25, 0.3) is 0 Å². The Bertz CT molecular complexity index is 1090. The number of thiazole rings is 1. The Labute approximate surface area is 184 Å². The van der Waals surface area contributed by atoms with Gasteiger partial charge >= 0.3 is 6.03 Å². The third kappa shape index (κ3) is 4.71. The summed E-state index contributed by atoms with van der Waals surface area (Å²) in [5.74, 6) is -0.313. The number of carbonyl (C=O) groups is 2. The van der Waals surface area contributed by atoms with Crippen molar-refractivity contribution in [2.75, 3.05) is 49.6 Å². The highest BCUT2D eigenvalue weighted by atomic mass is 32.2. The van der Waals surface area contributed by atoms with E-state index in [0.717, 1.165) is 5.56 Å². The number of urea groups is 1. The van der Waals surface area contributed by atoms with Gasteiger partial charge in [0.1, 0.15) is 0 Å². The van der Waals surface area contributed by atoms with Crippen molar-refractivity contribution >= 4 is 44.1 Å². The van der Waals surface area contributed by atoms with Gasteiger partial charge in [-0.25, -0.2) is 18.2 Å². The van der Waals surface area contributed by atoms with Gasteiger partial charge in [0.05, 0.1) is 30.2 Å². The number of nitrogens with zero attached hydrogens (tertiary/aromatic N) is 3. The number of hydrogen-bond acceptors (Lipinski definition) is 7. The number of aromatic nitrogens is 1. The van der Waals surface area contributed by atoms with E-state index in [4.69, 9.17) is 4.74 Å². The SMILES string of the molecule is Cc1ccc(S(=O)(=O)N2CCOCC2)cc1NC(=O)Cc1csc(N2CCNC2=O)n1. The van der Waals surface area contributed by atoms with Crippen molar-refractivity contribution < 1.29 is 22.7 Å². The quantitative estimate of drug-likeness (QED) is 0.661. The number of amides is 3. The fourth-order valence-corrected chi connectivity index (χ4v) is 5.63. The van der Waals surface area contributed by atoms with Gasteiger partial charge in [0.2, 0.25) is 15.9 Å². The Morgan fingerprint density at radius 1 is 1.29 bits per heavy atom. The Morgan fingerprint density at radius 3 is 2.77 bits per heavy atom. The van der Waals surface area contributed by atoms with Gasteiger partial charge in [-0.3, -0.25) is 9.69 Å². The number of sulfonamides is 1. The lowest BCUT2D eigenvalue weighted by molar-refractivity contribution is -0.115. The van der Waals surface area contributed by atoms with Crippen LogP contribution < -0.4 is 15.5 Å². The van der Waals surface area contributed by atoms with E-state index in [1.165, 1.54) is 26.6 Å². The van der Waals surface area contributed by atoms with E-state index in [9.17, 15) is 18.0 Å². The summed E-state index contributed by atoms with van der Waals surface area (Å²) in [6.45, 7) is 4.25. The molecule has 31 heavy (non-hydrogen) atoms. The molecule has 0 atom stereocenters. The summed E-state index contributed by atoms with van der Waals surface area (Å²) in [4.78, 5) is 30.4. The van der Waals surface area contributed by atoms with E-state index < -0.39 is 10.0 Å². The molecule has 3 amide bonds. The van der Waals surface area contributed by atoms with Crippen LogP contribution in [0.15, 0.2) is 28.5 Å². The number of anilines is 2. The number of aryl methyl sites for hydroxylation is 1. The largest absolute Gasteiger partial charge is 0.379 e. The van der Waals surface area contributed by atoms with Crippen LogP contribution in [0.1, 0.15) is 11.3 Å². The summed E-state index contributed by atoms with van der Waals surface area (Å²) in [5, 5.41) is 7.79. The van der Waals surface area contributed by atoms with E-state index in [1.54, 1.807) is 24.4 Å². The Kier molecular flexibility index (Phi) is 6.23. The second kappa shape index (κ2) is 8.91. The summed E-state index contributed by atoms with van der Waals surface area (Å²) < 4.78 is 32.4. The second-order valence-electron chi connectivity index (χ2n) is 7.22. The molecule has 0 saturated carbocycles. The molecule has 10 nitrogen and oxygen atoms in total. The Balaban J connectivity index is 1.45. The van der Waals surface area contributed by atoms with Crippen LogP contribution in [0.4, 0.5) is 15.6 Å². The summed E-state index contributed by atoms with van der Waals surface area (Å²) in [6.07, 6.45) is 0.0197. The van der Waals surface area contributed by atoms with Crippen LogP contribution in [0.25, 0.3) is 0 Å². The summed E-state index contributed by atoms with van der Waals surface area (Å²) in [5.41, 5.74) is 1.74. The summed E-state index contributed by atoms with van der Waals surface area (Å²) >= 11 is 1.30. The third-order valence-corrected chi connectivity index (χ3v) is 7.87. The molecular formula is C19H23N5O5S2. The topological polar surface area (TPSA) is 121 Å². The zero-order valence-corrected chi connectivity index (χ0v) is 18.6. The standard InChI is InChI=1S/C19H23N5O5S2/c1-13-2-3-15(31(27,28)23-6-8-29-9-7-23)11-16(13)22-17(25)10-14-12-30-19(21-14)24-5-4-20-18(24)26/h2-3,11-12H,4-10H2,1H3,(H,20,26)(H,22,25). The fourth-order valence-electron chi connectivity index (χ4n) is 3.35. The first-order valence-electron chi connectivity index (χ1n) is 9.83. The van der Waals surface area contributed by atoms with Crippen molar-refractivity contribution in [2.24, 2.45) is 0 Å². The summed E-state index contributed by atoms with van der Waals surface area (Å²) in [7, 11) is -3.66. The van der Waals surface area contributed by atoms with Crippen molar-refractivity contribution in [2.45, 2.75) is 18.2 Å². The van der Waals surface area contributed by atoms with Gasteiger partial charge < -0.3 is 15.4 Å². The minimum absolute atomic E-state index is 0.0197. The average molecular weight is 466 g/mol. The molecule has 2 aromatic rings. The van der Waals surface area contributed by atoms with Crippen LogP contribution in [-0.2, 0) is 26.0 Å². The minimum Gasteiger partial charge on any atom is -0.379 e. The molecule has 1 aromatic heterocycles. The number of ether oxygens (including phenoxy) is 1. The van der Waals surface area contributed by atoms with Gasteiger partial charge in [0.15, 0.2) is 5.13 Å². The molecule has 2 N–H and O–H groups in total. The Morgan fingerprint density at radius 2 is 2.06 bits per heavy atom. The van der Waals surface area contributed by atoms with Crippen LogP contribution in [0.2, 0.25) is 0 Å². The zero-order valence-electron chi connectivity index (χ0n) is 17.0. The molecule has 4 rings (SSSR count). The molecule has 166 valence electrons. The van der Waals surface area contributed by atoms with Crippen molar-refractivity contribution in [3.63, 3.8) is 0 Å². The van der Waals surface area contributed by atoms with Crippen molar-refractivity contribution in [1.29, 1.82) is 0 Å². The fraction of sp³-hybridized carbons (Fsp3) is 0.421. The second-order valence-corrected chi connectivity index (χ2v) is 10.00. The lowest BCUT2D eigenvalue weighted by Crippen LogP contribution is -2.40. The van der Waals surface area contributed by atoms with E-state index in [-0.39, 0.29) is 23.3 Å². The smallest absolute Gasteiger partial charge is 0.323 e. The average Bonchev–Trinajstić information content (AvgIpc) is 3.38. The first kappa shape index (κ1) is 21.7. The minimum atomic E-state index is -3.66. The number of rotatable bonds is 6. The molecule has 0 unspecified atom stereocenters. The summed E-state index contributed by atoms with van der Waals surface area (Å²) in [6, 6.07) is 4.51. The maximum Gasteiger partial charge on any atom is 0.323 e. The number of benzene rings is 1. The lowest BCUT2D eigenvalue weighted by Gasteiger charge is -2.26. The Hall–Kier alpha value is -2.54. The maximum absolute atomic E-state index is 12.9. The molecule has 0 spiro atoms. The predicted octanol–water partition coefficient (Wildman–Crippen LogP) is 1.18. The molecular weight excluding hydrogens is 442 g/mol. The molecule has 2 aliphatic rings. The highest BCUT2D eigenvalue weighted by Gasteiger charge is 2.27. The highest BCUT2D eigenvalue weighted by molar-refractivity contribution is 7.89. The van der Waals surface area contributed by atoms with Crippen LogP contribution >= 0.6 is 11.3 Å². The van der Waals surface area contributed by atoms with Crippen LogP contribution in [0.5, 0.6) is 0 Å². The number of morpholine rings is 1. The van der Waals surface area contributed by atoms with E-state index in [1.807, 2.05) is 0 Å². The van der Waals surface area contributed by atoms with Crippen molar-refractivity contribution in [1.82, 2.24) is 14.6 Å². The van der Waals surface area contributed by atoms with Crippen molar-refractivity contribution in [3.05, 3.63) is 34.8 Å². The van der Waals surface area contributed by atoms with E-state index >= 15 is 0 Å².